The van der Waals surface area contributed by atoms with E-state index in [-0.39, 0.29) is 21.2 Å². The van der Waals surface area contributed by atoms with Crippen molar-refractivity contribution in [3.63, 3.8) is 0 Å². The van der Waals surface area contributed by atoms with E-state index in [1.807, 2.05) is 6.92 Å². The van der Waals surface area contributed by atoms with E-state index >= 15 is 0 Å². The maximum absolute atomic E-state index is 13.7. The molecular weight excluding hydrogens is 367 g/mol. The molecule has 0 bridgehead atoms. The maximum Gasteiger partial charge on any atom is 0.433 e. The van der Waals surface area contributed by atoms with Crippen molar-refractivity contribution in [1.29, 1.82) is 0 Å². The van der Waals surface area contributed by atoms with Gasteiger partial charge in [-0.2, -0.15) is 13.2 Å². The van der Waals surface area contributed by atoms with E-state index in [0.29, 0.717) is 0 Å². The van der Waals surface area contributed by atoms with Crippen LogP contribution in [0.1, 0.15) is 37.3 Å². The summed E-state index contributed by atoms with van der Waals surface area (Å²) in [6.45, 7) is 2.00. The number of hydrogen-bond acceptors (Lipinski definition) is 4. The number of aliphatic hydroxyl groups is 1. The highest BCUT2D eigenvalue weighted by atomic mass is 32.2. The SMILES string of the molecule is CC1(c2ccc(N)c(C(O)(C#CC3CC3)C(F)(F)F)c2)SCCCS1. The summed E-state index contributed by atoms with van der Waals surface area (Å²) in [5.74, 6) is 6.49. The third-order valence-electron chi connectivity index (χ3n) is 4.46. The molecule has 1 saturated carbocycles. The molecule has 1 heterocycles. The minimum absolute atomic E-state index is 0.0553. The van der Waals surface area contributed by atoms with Crippen molar-refractivity contribution in [3.8, 4) is 11.8 Å². The molecule has 1 aromatic carbocycles. The predicted octanol–water partition coefficient (Wildman–Crippen LogP) is 4.47. The van der Waals surface area contributed by atoms with Crippen molar-refractivity contribution in [2.45, 2.75) is 42.0 Å². The van der Waals surface area contributed by atoms with Crippen molar-refractivity contribution in [1.82, 2.24) is 0 Å². The van der Waals surface area contributed by atoms with Crippen LogP contribution in [0.25, 0.3) is 0 Å². The average Bonchev–Trinajstić information content (AvgIpc) is 3.37. The number of halogens is 3. The normalized spacial score (nSPS) is 22.6. The molecule has 7 heteroatoms. The van der Waals surface area contributed by atoms with Gasteiger partial charge < -0.3 is 10.8 Å². The zero-order valence-electron chi connectivity index (χ0n) is 13.8. The van der Waals surface area contributed by atoms with E-state index in [1.165, 1.54) is 12.1 Å². The number of nitrogens with two attached hydrogens (primary N) is 1. The van der Waals surface area contributed by atoms with E-state index in [1.54, 1.807) is 29.6 Å². The van der Waals surface area contributed by atoms with Gasteiger partial charge in [0.1, 0.15) is 0 Å². The molecule has 136 valence electrons. The van der Waals surface area contributed by atoms with Gasteiger partial charge in [-0.25, -0.2) is 0 Å². The number of nitrogen functional groups attached to an aromatic ring is 1. The van der Waals surface area contributed by atoms with Crippen LogP contribution in [0.5, 0.6) is 0 Å². The van der Waals surface area contributed by atoms with Gasteiger partial charge in [0.2, 0.25) is 5.60 Å². The molecule has 1 atom stereocenters. The van der Waals surface area contributed by atoms with Gasteiger partial charge in [-0.3, -0.25) is 0 Å². The highest BCUT2D eigenvalue weighted by Crippen LogP contribution is 2.51. The van der Waals surface area contributed by atoms with Crippen molar-refractivity contribution in [2.75, 3.05) is 17.2 Å². The minimum atomic E-state index is -4.92. The lowest BCUT2D eigenvalue weighted by molar-refractivity contribution is -0.240. The number of rotatable bonds is 2. The second kappa shape index (κ2) is 6.64. The smallest absolute Gasteiger partial charge is 0.398 e. The van der Waals surface area contributed by atoms with Crippen molar-refractivity contribution in [2.24, 2.45) is 5.92 Å². The molecule has 3 N–H and O–H groups in total. The molecule has 3 rings (SSSR count). The average molecular weight is 387 g/mol. The molecular formula is C18H20F3NOS2. The third-order valence-corrected chi connectivity index (χ3v) is 7.72. The van der Waals surface area contributed by atoms with Crippen LogP contribution in [-0.4, -0.2) is 22.8 Å². The lowest BCUT2D eigenvalue weighted by Gasteiger charge is -2.34. The molecule has 0 amide bonds. The Morgan fingerprint density at radius 1 is 1.24 bits per heavy atom. The van der Waals surface area contributed by atoms with Crippen molar-refractivity contribution < 1.29 is 18.3 Å². The van der Waals surface area contributed by atoms with Crippen molar-refractivity contribution in [3.05, 3.63) is 29.3 Å². The molecule has 1 aromatic rings. The topological polar surface area (TPSA) is 46.2 Å². The van der Waals surface area contributed by atoms with E-state index in [2.05, 4.69) is 11.8 Å². The van der Waals surface area contributed by atoms with Gasteiger partial charge in [-0.1, -0.05) is 17.9 Å². The highest BCUT2D eigenvalue weighted by molar-refractivity contribution is 8.18. The zero-order valence-corrected chi connectivity index (χ0v) is 15.5. The number of hydrogen-bond donors (Lipinski definition) is 2. The van der Waals surface area contributed by atoms with Gasteiger partial charge in [0.15, 0.2) is 0 Å². The summed E-state index contributed by atoms with van der Waals surface area (Å²) in [6, 6.07) is 4.58. The molecule has 2 nitrogen and oxygen atoms in total. The quantitative estimate of drug-likeness (QED) is 0.580. The molecule has 1 saturated heterocycles. The third kappa shape index (κ3) is 3.76. The molecule has 0 radical (unpaired) electrons. The first-order valence-corrected chi connectivity index (χ1v) is 10.1. The summed E-state index contributed by atoms with van der Waals surface area (Å²) in [5, 5.41) is 10.5. The first-order chi connectivity index (χ1) is 11.7. The molecule has 1 aliphatic carbocycles. The van der Waals surface area contributed by atoms with Crippen LogP contribution in [-0.2, 0) is 9.68 Å². The lowest BCUT2D eigenvalue weighted by Crippen LogP contribution is -2.42. The Labute approximate surface area is 154 Å². The Bertz CT molecular complexity index is 715. The van der Waals surface area contributed by atoms with E-state index in [0.717, 1.165) is 36.3 Å². The van der Waals surface area contributed by atoms with Gasteiger partial charge in [0.25, 0.3) is 0 Å². The van der Waals surface area contributed by atoms with E-state index < -0.39 is 11.8 Å². The fraction of sp³-hybridized carbons (Fsp3) is 0.556. The zero-order chi connectivity index (χ0) is 18.3. The second-order valence-corrected chi connectivity index (χ2v) is 9.84. The molecule has 0 spiro atoms. The molecule has 2 fully saturated rings. The van der Waals surface area contributed by atoms with Crippen LogP contribution in [0.3, 0.4) is 0 Å². The van der Waals surface area contributed by atoms with Crippen LogP contribution < -0.4 is 5.73 Å². The summed E-state index contributed by atoms with van der Waals surface area (Å²) < 4.78 is 40.7. The summed E-state index contributed by atoms with van der Waals surface area (Å²) in [5.41, 5.74) is 2.85. The van der Waals surface area contributed by atoms with Crippen LogP contribution in [0.2, 0.25) is 0 Å². The van der Waals surface area contributed by atoms with Crippen LogP contribution in [0.4, 0.5) is 18.9 Å². The molecule has 2 aliphatic rings. The van der Waals surface area contributed by atoms with Crippen LogP contribution in [0, 0.1) is 17.8 Å². The number of anilines is 1. The Morgan fingerprint density at radius 2 is 1.88 bits per heavy atom. The minimum Gasteiger partial charge on any atom is -0.398 e. The van der Waals surface area contributed by atoms with Crippen molar-refractivity contribution >= 4 is 29.2 Å². The van der Waals surface area contributed by atoms with Gasteiger partial charge in [0, 0.05) is 17.2 Å². The largest absolute Gasteiger partial charge is 0.433 e. The summed E-state index contributed by atoms with van der Waals surface area (Å²) in [4.78, 5) is 0. The van der Waals surface area contributed by atoms with Gasteiger partial charge in [0.05, 0.1) is 4.08 Å². The predicted molar refractivity (Wildman–Crippen MR) is 98.2 cm³/mol. The summed E-state index contributed by atoms with van der Waals surface area (Å²) >= 11 is 3.41. The summed E-state index contributed by atoms with van der Waals surface area (Å²) in [7, 11) is 0. The monoisotopic (exact) mass is 387 g/mol. The molecule has 25 heavy (non-hydrogen) atoms. The Kier molecular flexibility index (Phi) is 5.00. The van der Waals surface area contributed by atoms with E-state index in [9.17, 15) is 18.3 Å². The maximum atomic E-state index is 13.7. The van der Waals surface area contributed by atoms with Gasteiger partial charge in [-0.05, 0) is 55.4 Å². The highest BCUT2D eigenvalue weighted by Gasteiger charge is 2.55. The Morgan fingerprint density at radius 3 is 2.44 bits per heavy atom. The van der Waals surface area contributed by atoms with Crippen LogP contribution in [0.15, 0.2) is 18.2 Å². The molecule has 0 aromatic heterocycles. The number of alkyl halides is 3. The lowest BCUT2D eigenvalue weighted by atomic mass is 9.90. The molecule has 1 unspecified atom stereocenters. The summed E-state index contributed by atoms with van der Waals surface area (Å²) in [6.07, 6.45) is -2.29. The second-order valence-electron chi connectivity index (χ2n) is 6.55. The fourth-order valence-electron chi connectivity index (χ4n) is 2.68. The van der Waals surface area contributed by atoms with Gasteiger partial charge in [-0.15, -0.1) is 23.5 Å². The number of benzene rings is 1. The van der Waals surface area contributed by atoms with E-state index in [4.69, 9.17) is 5.73 Å². The first kappa shape index (κ1) is 18.8. The molecule has 1 aliphatic heterocycles. The fourth-order valence-corrected chi connectivity index (χ4v) is 5.64. The van der Waals surface area contributed by atoms with Gasteiger partial charge >= 0.3 is 6.18 Å². The Hall–Kier alpha value is -0.970. The van der Waals surface area contributed by atoms with Crippen LogP contribution >= 0.6 is 23.5 Å². The Balaban J connectivity index is 2.07. The first-order valence-electron chi connectivity index (χ1n) is 8.16. The number of thioether (sulfide) groups is 2. The standard InChI is InChI=1S/C18H20F3NOS2/c1-16(24-9-2-10-25-16)13-5-6-15(22)14(11-13)17(23,18(19,20)21)8-7-12-3-4-12/h5-6,11-12,23H,2-4,9-10,22H2,1H3.